The average molecular weight is 408 g/mol. The van der Waals surface area contributed by atoms with Gasteiger partial charge in [-0.3, -0.25) is 4.79 Å². The third-order valence-corrected chi connectivity index (χ3v) is 5.28. The fourth-order valence-electron chi connectivity index (χ4n) is 3.82. The lowest BCUT2D eigenvalue weighted by Crippen LogP contribution is -2.41. The predicted molar refractivity (Wildman–Crippen MR) is 112 cm³/mol. The molecule has 8 heteroatoms. The topological polar surface area (TPSA) is 108 Å². The van der Waals surface area contributed by atoms with Gasteiger partial charge in [0.05, 0.1) is 6.42 Å². The molecule has 30 heavy (non-hydrogen) atoms. The van der Waals surface area contributed by atoms with E-state index in [1.807, 2.05) is 48.5 Å². The molecule has 0 spiro atoms. The number of benzene rings is 2. The molecule has 2 amide bonds. The maximum atomic E-state index is 12.7. The summed E-state index contributed by atoms with van der Waals surface area (Å²) < 4.78 is 5.60. The molecule has 1 aliphatic heterocycles. The summed E-state index contributed by atoms with van der Waals surface area (Å²) in [4.78, 5) is 30.0. The molecule has 1 aliphatic rings. The van der Waals surface area contributed by atoms with E-state index in [1.165, 1.54) is 0 Å². The number of rotatable bonds is 6. The summed E-state index contributed by atoms with van der Waals surface area (Å²) in [7, 11) is 0. The van der Waals surface area contributed by atoms with Gasteiger partial charge in [0.2, 0.25) is 0 Å². The first-order valence-electron chi connectivity index (χ1n) is 10.0. The van der Waals surface area contributed by atoms with Crippen molar-refractivity contribution in [1.82, 2.24) is 15.2 Å². The largest absolute Gasteiger partial charge is 0.481 e. The van der Waals surface area contributed by atoms with Gasteiger partial charge in [0.15, 0.2) is 5.58 Å². The van der Waals surface area contributed by atoms with Gasteiger partial charge < -0.3 is 25.1 Å². The Hall–Kier alpha value is -3.55. The molecular weight excluding hydrogens is 384 g/mol. The highest BCUT2D eigenvalue weighted by Crippen LogP contribution is 2.31. The standard InChI is InChI=1S/C22H24N4O4/c27-20(28)13-15-9-12-26(14-16-5-1-2-6-17(15)16)22(29)24-11-10-23-21-25-18-7-3-4-8-19(18)30-21/h1-8,15H,9-14H2,(H,23,25)(H,24,29)(H,27,28). The van der Waals surface area contributed by atoms with E-state index in [2.05, 4.69) is 15.6 Å². The van der Waals surface area contributed by atoms with Gasteiger partial charge >= 0.3 is 12.0 Å². The zero-order valence-corrected chi connectivity index (χ0v) is 16.5. The van der Waals surface area contributed by atoms with Crippen molar-refractivity contribution in [3.05, 3.63) is 59.7 Å². The van der Waals surface area contributed by atoms with Gasteiger partial charge in [0.25, 0.3) is 6.01 Å². The third kappa shape index (κ3) is 4.53. The number of carboxylic acid groups (broad SMARTS) is 1. The van der Waals surface area contributed by atoms with Gasteiger partial charge in [-0.15, -0.1) is 0 Å². The zero-order valence-electron chi connectivity index (χ0n) is 16.5. The zero-order chi connectivity index (χ0) is 20.9. The summed E-state index contributed by atoms with van der Waals surface area (Å²) in [5.41, 5.74) is 3.51. The van der Waals surface area contributed by atoms with Gasteiger partial charge in [0, 0.05) is 26.2 Å². The van der Waals surface area contributed by atoms with Crippen LogP contribution < -0.4 is 10.6 Å². The molecule has 156 valence electrons. The van der Waals surface area contributed by atoms with Crippen LogP contribution in [0.4, 0.5) is 10.8 Å². The highest BCUT2D eigenvalue weighted by molar-refractivity contribution is 5.75. The van der Waals surface area contributed by atoms with Crippen LogP contribution in [0.25, 0.3) is 11.1 Å². The molecule has 1 unspecified atom stereocenters. The monoisotopic (exact) mass is 408 g/mol. The molecule has 2 aromatic carbocycles. The number of nitrogens with one attached hydrogen (secondary N) is 2. The quantitative estimate of drug-likeness (QED) is 0.540. The van der Waals surface area contributed by atoms with Crippen LogP contribution in [-0.2, 0) is 11.3 Å². The average Bonchev–Trinajstić information content (AvgIpc) is 3.07. The van der Waals surface area contributed by atoms with Gasteiger partial charge in [0.1, 0.15) is 5.52 Å². The number of urea groups is 1. The molecule has 1 aromatic heterocycles. The number of oxazole rings is 1. The normalized spacial score (nSPS) is 16.0. The minimum atomic E-state index is -0.821. The second-order valence-electron chi connectivity index (χ2n) is 7.35. The fourth-order valence-corrected chi connectivity index (χ4v) is 3.82. The minimum absolute atomic E-state index is 0.0703. The lowest BCUT2D eigenvalue weighted by molar-refractivity contribution is -0.137. The summed E-state index contributed by atoms with van der Waals surface area (Å²) in [6.45, 7) is 1.87. The van der Waals surface area contributed by atoms with Crippen molar-refractivity contribution in [2.24, 2.45) is 0 Å². The Morgan fingerprint density at radius 1 is 1.13 bits per heavy atom. The maximum Gasteiger partial charge on any atom is 0.317 e. The Kier molecular flexibility index (Phi) is 5.83. The van der Waals surface area contributed by atoms with E-state index in [4.69, 9.17) is 4.42 Å². The number of carbonyl (C=O) groups excluding carboxylic acids is 1. The Morgan fingerprint density at radius 2 is 1.93 bits per heavy atom. The van der Waals surface area contributed by atoms with Crippen LogP contribution in [0.15, 0.2) is 52.9 Å². The lowest BCUT2D eigenvalue weighted by Gasteiger charge is -2.21. The molecule has 0 fully saturated rings. The summed E-state index contributed by atoms with van der Waals surface area (Å²) in [5, 5.41) is 15.2. The molecule has 2 heterocycles. The van der Waals surface area contributed by atoms with Crippen LogP contribution in [0.2, 0.25) is 0 Å². The van der Waals surface area contributed by atoms with E-state index < -0.39 is 5.97 Å². The third-order valence-electron chi connectivity index (χ3n) is 5.28. The maximum absolute atomic E-state index is 12.7. The van der Waals surface area contributed by atoms with Gasteiger partial charge in [-0.05, 0) is 35.6 Å². The number of hydrogen-bond donors (Lipinski definition) is 3. The summed E-state index contributed by atoms with van der Waals surface area (Å²) >= 11 is 0. The van der Waals surface area contributed by atoms with E-state index in [-0.39, 0.29) is 18.4 Å². The number of aromatic nitrogens is 1. The van der Waals surface area contributed by atoms with Crippen molar-refractivity contribution < 1.29 is 19.1 Å². The van der Waals surface area contributed by atoms with Crippen molar-refractivity contribution in [3.8, 4) is 0 Å². The van der Waals surface area contributed by atoms with E-state index in [0.29, 0.717) is 44.2 Å². The second-order valence-corrected chi connectivity index (χ2v) is 7.35. The Morgan fingerprint density at radius 3 is 2.77 bits per heavy atom. The number of carbonyl (C=O) groups is 2. The van der Waals surface area contributed by atoms with Crippen molar-refractivity contribution in [1.29, 1.82) is 0 Å². The van der Waals surface area contributed by atoms with Crippen LogP contribution >= 0.6 is 0 Å². The predicted octanol–water partition coefficient (Wildman–Crippen LogP) is 3.41. The number of amides is 2. The van der Waals surface area contributed by atoms with Crippen molar-refractivity contribution in [2.45, 2.75) is 25.3 Å². The van der Waals surface area contributed by atoms with E-state index in [1.54, 1.807) is 4.90 Å². The number of fused-ring (bicyclic) bond motifs is 2. The van der Waals surface area contributed by atoms with Crippen LogP contribution in [-0.4, -0.2) is 46.6 Å². The molecule has 3 aromatic rings. The number of anilines is 1. The Balaban J connectivity index is 1.31. The molecule has 4 rings (SSSR count). The highest BCUT2D eigenvalue weighted by atomic mass is 16.4. The van der Waals surface area contributed by atoms with Crippen molar-refractivity contribution >= 4 is 29.1 Å². The first-order chi connectivity index (χ1) is 14.6. The molecule has 3 N–H and O–H groups in total. The Bertz CT molecular complexity index is 1020. The summed E-state index contributed by atoms with van der Waals surface area (Å²) in [6, 6.07) is 15.5. The van der Waals surface area contributed by atoms with E-state index >= 15 is 0 Å². The second kappa shape index (κ2) is 8.86. The molecule has 0 radical (unpaired) electrons. The molecule has 8 nitrogen and oxygen atoms in total. The molecule has 0 bridgehead atoms. The molecule has 1 atom stereocenters. The molecular formula is C22H24N4O4. The first-order valence-corrected chi connectivity index (χ1v) is 10.0. The highest BCUT2D eigenvalue weighted by Gasteiger charge is 2.26. The number of hydrogen-bond acceptors (Lipinski definition) is 5. The molecule has 0 saturated carbocycles. The number of para-hydroxylation sites is 2. The summed E-state index contributed by atoms with van der Waals surface area (Å²) in [5.74, 6) is -0.907. The first kappa shape index (κ1) is 19.8. The summed E-state index contributed by atoms with van der Waals surface area (Å²) in [6.07, 6.45) is 0.693. The fraction of sp³-hybridized carbons (Fsp3) is 0.318. The van der Waals surface area contributed by atoms with Crippen molar-refractivity contribution in [2.75, 3.05) is 25.0 Å². The number of nitrogens with zero attached hydrogens (tertiary/aromatic N) is 2. The molecule has 0 saturated heterocycles. The van der Waals surface area contributed by atoms with E-state index in [9.17, 15) is 14.7 Å². The Labute approximate surface area is 173 Å². The molecule has 0 aliphatic carbocycles. The van der Waals surface area contributed by atoms with E-state index in [0.717, 1.165) is 16.6 Å². The van der Waals surface area contributed by atoms with Crippen LogP contribution in [0.3, 0.4) is 0 Å². The van der Waals surface area contributed by atoms with Crippen LogP contribution in [0.1, 0.15) is 29.9 Å². The minimum Gasteiger partial charge on any atom is -0.481 e. The van der Waals surface area contributed by atoms with Gasteiger partial charge in [-0.1, -0.05) is 36.4 Å². The van der Waals surface area contributed by atoms with Crippen LogP contribution in [0, 0.1) is 0 Å². The van der Waals surface area contributed by atoms with Gasteiger partial charge in [-0.25, -0.2) is 4.79 Å². The number of carboxylic acids is 1. The van der Waals surface area contributed by atoms with Crippen LogP contribution in [0.5, 0.6) is 0 Å². The van der Waals surface area contributed by atoms with Gasteiger partial charge in [-0.2, -0.15) is 4.98 Å². The van der Waals surface area contributed by atoms with Crippen molar-refractivity contribution in [3.63, 3.8) is 0 Å². The smallest absolute Gasteiger partial charge is 0.317 e. The SMILES string of the molecule is O=C(O)CC1CCN(C(=O)NCCNc2nc3ccccc3o2)Cc2ccccc21. The number of aliphatic carboxylic acids is 1. The lowest BCUT2D eigenvalue weighted by atomic mass is 9.90.